The van der Waals surface area contributed by atoms with Crippen LogP contribution in [0.2, 0.25) is 0 Å². The average molecular weight is 337 g/mol. The first-order chi connectivity index (χ1) is 9.51. The van der Waals surface area contributed by atoms with E-state index in [9.17, 15) is 14.9 Å². The van der Waals surface area contributed by atoms with Crippen LogP contribution >= 0.6 is 15.9 Å². The lowest BCUT2D eigenvalue weighted by atomic mass is 10.2. The number of nitro groups is 1. The van der Waals surface area contributed by atoms with E-state index in [1.165, 1.54) is 24.4 Å². The quantitative estimate of drug-likeness (QED) is 0.483. The lowest BCUT2D eigenvalue weighted by Gasteiger charge is -2.09. The lowest BCUT2D eigenvalue weighted by Crippen LogP contribution is -1.95. The average Bonchev–Trinajstić information content (AvgIpc) is 2.42. The number of carbonyl (C=O) groups excluding carboxylic acids is 1. The molecule has 0 N–H and O–H groups in total. The summed E-state index contributed by atoms with van der Waals surface area (Å²) in [6.07, 6.45) is 2.06. The number of pyridine rings is 1. The Kier molecular flexibility index (Phi) is 4.09. The second kappa shape index (κ2) is 5.79. The van der Waals surface area contributed by atoms with Gasteiger partial charge in [0, 0.05) is 23.4 Å². The van der Waals surface area contributed by atoms with Gasteiger partial charge >= 0.3 is 0 Å². The van der Waals surface area contributed by atoms with E-state index in [0.717, 1.165) is 0 Å². The number of non-ortho nitro benzene ring substituents is 1. The Morgan fingerprint density at radius 1 is 1.40 bits per heavy atom. The number of rotatable bonds is 4. The maximum absolute atomic E-state index is 10.7. The molecular weight excluding hydrogens is 328 g/mol. The summed E-state index contributed by atoms with van der Waals surface area (Å²) < 4.78 is 6.12. The summed E-state index contributed by atoms with van der Waals surface area (Å²) in [4.78, 5) is 24.9. The molecule has 0 atom stereocenters. The molecule has 0 unspecified atom stereocenters. The first-order valence-electron chi connectivity index (χ1n) is 5.55. The van der Waals surface area contributed by atoms with E-state index in [1.807, 2.05) is 0 Å². The third-order valence-electron chi connectivity index (χ3n) is 2.52. The van der Waals surface area contributed by atoms with Gasteiger partial charge in [0.2, 0.25) is 5.88 Å². The molecule has 0 saturated heterocycles. The van der Waals surface area contributed by atoms with E-state index < -0.39 is 4.92 Å². The normalized spacial score (nSPS) is 10.1. The third kappa shape index (κ3) is 3.00. The van der Waals surface area contributed by atoms with E-state index in [0.29, 0.717) is 21.9 Å². The van der Waals surface area contributed by atoms with Crippen LogP contribution in [0.3, 0.4) is 0 Å². The van der Waals surface area contributed by atoms with E-state index in [4.69, 9.17) is 4.74 Å². The minimum Gasteiger partial charge on any atom is -0.437 e. The van der Waals surface area contributed by atoms with Gasteiger partial charge in [0.15, 0.2) is 12.0 Å². The fourth-order valence-electron chi connectivity index (χ4n) is 1.54. The molecule has 0 aliphatic heterocycles. The molecule has 0 bridgehead atoms. The van der Waals surface area contributed by atoms with Crippen molar-refractivity contribution in [3.05, 3.63) is 56.2 Å². The zero-order valence-electron chi connectivity index (χ0n) is 10.4. The fourth-order valence-corrected chi connectivity index (χ4v) is 1.87. The summed E-state index contributed by atoms with van der Waals surface area (Å²) in [6.45, 7) is 1.74. The van der Waals surface area contributed by atoms with Gasteiger partial charge < -0.3 is 4.74 Å². The van der Waals surface area contributed by atoms with Crippen molar-refractivity contribution in [2.75, 3.05) is 0 Å². The minimum atomic E-state index is -0.505. The highest BCUT2D eigenvalue weighted by atomic mass is 79.9. The first-order valence-corrected chi connectivity index (χ1v) is 6.34. The van der Waals surface area contributed by atoms with Gasteiger partial charge in [-0.05, 0) is 35.0 Å². The number of halogens is 1. The van der Waals surface area contributed by atoms with Gasteiger partial charge in [0.05, 0.1) is 15.5 Å². The lowest BCUT2D eigenvalue weighted by molar-refractivity contribution is -0.384. The Labute approximate surface area is 122 Å². The highest BCUT2D eigenvalue weighted by Crippen LogP contribution is 2.33. The van der Waals surface area contributed by atoms with Gasteiger partial charge in [-0.15, -0.1) is 0 Å². The van der Waals surface area contributed by atoms with Crippen molar-refractivity contribution in [2.24, 2.45) is 0 Å². The number of carbonyl (C=O) groups is 1. The van der Waals surface area contributed by atoms with Crippen molar-refractivity contribution < 1.29 is 14.5 Å². The van der Waals surface area contributed by atoms with Crippen molar-refractivity contribution in [1.29, 1.82) is 0 Å². The Balaban J connectivity index is 2.36. The molecule has 0 aliphatic carbocycles. The molecule has 0 aliphatic rings. The number of nitrogens with zero attached hydrogens (tertiary/aromatic N) is 2. The molecule has 0 fully saturated rings. The zero-order chi connectivity index (χ0) is 14.7. The van der Waals surface area contributed by atoms with E-state index in [2.05, 4.69) is 20.9 Å². The SMILES string of the molecule is Cc1cc(C=O)cnc1Oc1cc([N+](=O)[O-])ccc1Br. The van der Waals surface area contributed by atoms with E-state index >= 15 is 0 Å². The molecule has 0 spiro atoms. The van der Waals surface area contributed by atoms with Crippen molar-refractivity contribution >= 4 is 27.9 Å². The van der Waals surface area contributed by atoms with Crippen LogP contribution in [0.15, 0.2) is 34.9 Å². The molecule has 6 nitrogen and oxygen atoms in total. The predicted octanol–water partition coefficient (Wildman–Crippen LogP) is 3.67. The molecule has 0 radical (unpaired) electrons. The van der Waals surface area contributed by atoms with Crippen LogP contribution in [0.5, 0.6) is 11.6 Å². The summed E-state index contributed by atoms with van der Waals surface area (Å²) in [5.74, 6) is 0.574. The second-order valence-corrected chi connectivity index (χ2v) is 4.84. The molecule has 7 heteroatoms. The molecule has 1 aromatic heterocycles. The summed E-state index contributed by atoms with van der Waals surface area (Å²) in [6, 6.07) is 5.83. The molecule has 1 heterocycles. The van der Waals surface area contributed by atoms with Gasteiger partial charge in [-0.2, -0.15) is 0 Å². The highest BCUT2D eigenvalue weighted by molar-refractivity contribution is 9.10. The van der Waals surface area contributed by atoms with E-state index in [1.54, 1.807) is 13.0 Å². The molecule has 0 amide bonds. The van der Waals surface area contributed by atoms with Crippen molar-refractivity contribution in [2.45, 2.75) is 6.92 Å². The predicted molar refractivity (Wildman–Crippen MR) is 75.2 cm³/mol. The molecular formula is C13H9BrN2O4. The topological polar surface area (TPSA) is 82.3 Å². The maximum atomic E-state index is 10.7. The van der Waals surface area contributed by atoms with E-state index in [-0.39, 0.29) is 17.3 Å². The van der Waals surface area contributed by atoms with Crippen LogP contribution in [0.4, 0.5) is 5.69 Å². The Morgan fingerprint density at radius 2 is 2.15 bits per heavy atom. The fraction of sp³-hybridized carbons (Fsp3) is 0.0769. The molecule has 2 aromatic rings. The van der Waals surface area contributed by atoms with Crippen LogP contribution in [-0.2, 0) is 0 Å². The number of aldehydes is 1. The summed E-state index contributed by atoms with van der Waals surface area (Å²) in [5, 5.41) is 10.7. The van der Waals surface area contributed by atoms with Crippen LogP contribution in [-0.4, -0.2) is 16.2 Å². The monoisotopic (exact) mass is 336 g/mol. The summed E-state index contributed by atoms with van der Waals surface area (Å²) >= 11 is 3.26. The molecule has 1 aromatic carbocycles. The Bertz CT molecular complexity index is 688. The number of benzene rings is 1. The van der Waals surface area contributed by atoms with Gasteiger partial charge in [0.25, 0.3) is 5.69 Å². The number of aromatic nitrogens is 1. The van der Waals surface area contributed by atoms with Crippen molar-refractivity contribution in [1.82, 2.24) is 4.98 Å². The standard InChI is InChI=1S/C13H9BrN2O4/c1-8-4-9(7-17)6-15-13(8)20-12-5-10(16(18)19)2-3-11(12)14/h2-7H,1H3. The van der Waals surface area contributed by atoms with Gasteiger partial charge in [-0.1, -0.05) is 0 Å². The van der Waals surface area contributed by atoms with Crippen molar-refractivity contribution in [3.8, 4) is 11.6 Å². The third-order valence-corrected chi connectivity index (χ3v) is 3.17. The minimum absolute atomic E-state index is 0.0784. The largest absolute Gasteiger partial charge is 0.437 e. The summed E-state index contributed by atoms with van der Waals surface area (Å²) in [7, 11) is 0. The van der Waals surface area contributed by atoms with Gasteiger partial charge in [-0.25, -0.2) is 4.98 Å². The number of hydrogen-bond donors (Lipinski definition) is 0. The Hall–Kier alpha value is -2.28. The molecule has 20 heavy (non-hydrogen) atoms. The molecule has 0 saturated carbocycles. The maximum Gasteiger partial charge on any atom is 0.273 e. The van der Waals surface area contributed by atoms with Crippen LogP contribution in [0, 0.1) is 17.0 Å². The number of nitro benzene ring substituents is 1. The van der Waals surface area contributed by atoms with Gasteiger partial charge in [0.1, 0.15) is 0 Å². The zero-order valence-corrected chi connectivity index (χ0v) is 12.0. The highest BCUT2D eigenvalue weighted by Gasteiger charge is 2.13. The van der Waals surface area contributed by atoms with Crippen LogP contribution in [0.25, 0.3) is 0 Å². The van der Waals surface area contributed by atoms with Crippen LogP contribution in [0.1, 0.15) is 15.9 Å². The molecule has 102 valence electrons. The van der Waals surface area contributed by atoms with Gasteiger partial charge in [-0.3, -0.25) is 14.9 Å². The molecule has 2 rings (SSSR count). The second-order valence-electron chi connectivity index (χ2n) is 3.98. The Morgan fingerprint density at radius 3 is 2.75 bits per heavy atom. The smallest absolute Gasteiger partial charge is 0.273 e. The number of hydrogen-bond acceptors (Lipinski definition) is 5. The number of ether oxygens (including phenoxy) is 1. The van der Waals surface area contributed by atoms with Crippen molar-refractivity contribution in [3.63, 3.8) is 0 Å². The number of aryl methyl sites for hydroxylation is 1. The van der Waals surface area contributed by atoms with Crippen LogP contribution < -0.4 is 4.74 Å². The first kappa shape index (κ1) is 14.1. The summed E-state index contributed by atoms with van der Waals surface area (Å²) in [5.41, 5.74) is 1.02.